The summed E-state index contributed by atoms with van der Waals surface area (Å²) in [6.45, 7) is 2.38. The Morgan fingerprint density at radius 1 is 1.04 bits per heavy atom. The van der Waals surface area contributed by atoms with Crippen LogP contribution in [0.25, 0.3) is 0 Å². The highest BCUT2D eigenvalue weighted by molar-refractivity contribution is 5.39. The normalized spacial score (nSPS) is 17.0. The molecule has 0 saturated heterocycles. The molecule has 0 saturated carbocycles. The summed E-state index contributed by atoms with van der Waals surface area (Å²) in [5, 5.41) is 0. The van der Waals surface area contributed by atoms with Gasteiger partial charge in [-0.05, 0) is 24.3 Å². The molecule has 132 valence electrons. The van der Waals surface area contributed by atoms with Crippen molar-refractivity contribution in [3.05, 3.63) is 89.7 Å². The minimum atomic E-state index is -0.0986. The van der Waals surface area contributed by atoms with E-state index in [9.17, 15) is 0 Å². The van der Waals surface area contributed by atoms with E-state index in [1.807, 2.05) is 48.7 Å². The Labute approximate surface area is 154 Å². The van der Waals surface area contributed by atoms with Crippen LogP contribution in [0.2, 0.25) is 0 Å². The van der Waals surface area contributed by atoms with Crippen LogP contribution < -0.4 is 9.47 Å². The molecule has 3 aromatic rings. The van der Waals surface area contributed by atoms with Gasteiger partial charge in [0.15, 0.2) is 0 Å². The Kier molecular flexibility index (Phi) is 4.84. The van der Waals surface area contributed by atoms with Crippen LogP contribution in [0.5, 0.6) is 11.5 Å². The first-order valence-corrected chi connectivity index (χ1v) is 8.83. The third kappa shape index (κ3) is 3.55. The van der Waals surface area contributed by atoms with Crippen molar-refractivity contribution in [1.29, 1.82) is 0 Å². The number of pyridine rings is 1. The number of ether oxygens (including phenoxy) is 2. The van der Waals surface area contributed by atoms with Crippen LogP contribution in [0.1, 0.15) is 22.9 Å². The van der Waals surface area contributed by atoms with Crippen molar-refractivity contribution in [1.82, 2.24) is 9.88 Å². The van der Waals surface area contributed by atoms with Gasteiger partial charge in [0, 0.05) is 37.0 Å². The maximum absolute atomic E-state index is 6.41. The Morgan fingerprint density at radius 3 is 2.69 bits per heavy atom. The molecule has 0 radical (unpaired) electrons. The summed E-state index contributed by atoms with van der Waals surface area (Å²) in [7, 11) is 1.70. The first kappa shape index (κ1) is 16.6. The highest BCUT2D eigenvalue weighted by Crippen LogP contribution is 2.35. The Hall–Kier alpha value is -2.85. The van der Waals surface area contributed by atoms with Gasteiger partial charge in [0.25, 0.3) is 0 Å². The van der Waals surface area contributed by atoms with Gasteiger partial charge in [-0.15, -0.1) is 0 Å². The van der Waals surface area contributed by atoms with Crippen LogP contribution in [0, 0.1) is 0 Å². The number of benzene rings is 2. The van der Waals surface area contributed by atoms with Crippen LogP contribution in [-0.2, 0) is 13.1 Å². The topological polar surface area (TPSA) is 34.6 Å². The number of para-hydroxylation sites is 2. The van der Waals surface area contributed by atoms with E-state index in [-0.39, 0.29) is 6.10 Å². The molecule has 2 heterocycles. The van der Waals surface area contributed by atoms with Gasteiger partial charge in [0.05, 0.1) is 12.8 Å². The van der Waals surface area contributed by atoms with Crippen LogP contribution >= 0.6 is 0 Å². The van der Waals surface area contributed by atoms with E-state index in [1.54, 1.807) is 7.11 Å². The molecule has 4 rings (SSSR count). The summed E-state index contributed by atoms with van der Waals surface area (Å²) in [4.78, 5) is 6.86. The molecule has 26 heavy (non-hydrogen) atoms. The highest BCUT2D eigenvalue weighted by Gasteiger charge is 2.26. The molecule has 1 aliphatic rings. The molecular weight excluding hydrogens is 324 g/mol. The minimum Gasteiger partial charge on any atom is -0.496 e. The molecule has 0 fully saturated rings. The number of hydrogen-bond donors (Lipinski definition) is 0. The predicted molar refractivity (Wildman–Crippen MR) is 101 cm³/mol. The summed E-state index contributed by atoms with van der Waals surface area (Å²) < 4.78 is 12.0. The molecule has 4 nitrogen and oxygen atoms in total. The van der Waals surface area contributed by atoms with Gasteiger partial charge >= 0.3 is 0 Å². The van der Waals surface area contributed by atoms with Gasteiger partial charge in [-0.1, -0.05) is 42.5 Å². The molecule has 0 amide bonds. The quantitative estimate of drug-likeness (QED) is 0.708. The predicted octanol–water partition coefficient (Wildman–Crippen LogP) is 4.23. The molecule has 0 aliphatic carbocycles. The third-order valence-electron chi connectivity index (χ3n) is 4.66. The maximum atomic E-state index is 6.41. The van der Waals surface area contributed by atoms with E-state index in [0.29, 0.717) is 0 Å². The van der Waals surface area contributed by atoms with E-state index in [0.717, 1.165) is 42.4 Å². The number of hydrogen-bond acceptors (Lipinski definition) is 4. The fraction of sp³-hybridized carbons (Fsp3) is 0.227. The summed E-state index contributed by atoms with van der Waals surface area (Å²) in [6.07, 6.45) is 1.74. The molecule has 0 N–H and O–H groups in total. The minimum absolute atomic E-state index is 0.0986. The maximum Gasteiger partial charge on any atom is 0.140 e. The molecule has 4 heteroatoms. The fourth-order valence-corrected chi connectivity index (χ4v) is 3.42. The zero-order valence-electron chi connectivity index (χ0n) is 14.8. The van der Waals surface area contributed by atoms with E-state index in [4.69, 9.17) is 9.47 Å². The Morgan fingerprint density at radius 2 is 1.85 bits per heavy atom. The molecule has 2 aromatic carbocycles. The van der Waals surface area contributed by atoms with Gasteiger partial charge in [-0.2, -0.15) is 0 Å². The zero-order valence-corrected chi connectivity index (χ0v) is 14.8. The molecule has 1 unspecified atom stereocenters. The van der Waals surface area contributed by atoms with Crippen molar-refractivity contribution in [3.8, 4) is 11.5 Å². The standard InChI is InChI=1S/C22H22N2O2/c1-25-21-12-5-3-10-19(21)22-16-24(15-18-9-6-7-13-23-18)14-17-8-2-4-11-20(17)26-22/h2-13,22H,14-16H2,1H3. The number of methoxy groups -OCH3 is 1. The second-order valence-electron chi connectivity index (χ2n) is 6.45. The fourth-order valence-electron chi connectivity index (χ4n) is 3.42. The Bertz CT molecular complexity index is 867. The first-order valence-electron chi connectivity index (χ1n) is 8.83. The van der Waals surface area contributed by atoms with Crippen molar-refractivity contribution in [2.24, 2.45) is 0 Å². The number of rotatable bonds is 4. The van der Waals surface area contributed by atoms with E-state index < -0.39 is 0 Å². The van der Waals surface area contributed by atoms with Crippen LogP contribution in [0.3, 0.4) is 0 Å². The lowest BCUT2D eigenvalue weighted by Gasteiger charge is -2.25. The Balaban J connectivity index is 1.68. The van der Waals surface area contributed by atoms with E-state index >= 15 is 0 Å². The van der Waals surface area contributed by atoms with Gasteiger partial charge in [-0.25, -0.2) is 0 Å². The van der Waals surface area contributed by atoms with E-state index in [1.165, 1.54) is 5.56 Å². The summed E-state index contributed by atoms with van der Waals surface area (Å²) in [5.41, 5.74) is 3.32. The summed E-state index contributed by atoms with van der Waals surface area (Å²) in [5.74, 6) is 1.79. The van der Waals surface area contributed by atoms with Gasteiger partial charge in [0.1, 0.15) is 17.6 Å². The van der Waals surface area contributed by atoms with Crippen molar-refractivity contribution in [2.75, 3.05) is 13.7 Å². The van der Waals surface area contributed by atoms with Crippen molar-refractivity contribution in [2.45, 2.75) is 19.2 Å². The van der Waals surface area contributed by atoms with E-state index in [2.05, 4.69) is 34.1 Å². The summed E-state index contributed by atoms with van der Waals surface area (Å²) >= 11 is 0. The van der Waals surface area contributed by atoms with Crippen LogP contribution in [-0.4, -0.2) is 23.5 Å². The SMILES string of the molecule is COc1ccccc1C1CN(Cc2ccccn2)Cc2ccccc2O1. The van der Waals surface area contributed by atoms with Crippen LogP contribution in [0.15, 0.2) is 72.9 Å². The van der Waals surface area contributed by atoms with Crippen molar-refractivity contribution >= 4 is 0 Å². The molecule has 1 aliphatic heterocycles. The summed E-state index contributed by atoms with van der Waals surface area (Å²) in [6, 6.07) is 22.4. The lowest BCUT2D eigenvalue weighted by Crippen LogP contribution is -2.28. The van der Waals surface area contributed by atoms with Gasteiger partial charge in [0.2, 0.25) is 0 Å². The average Bonchev–Trinajstić information content (AvgIpc) is 2.87. The van der Waals surface area contributed by atoms with Gasteiger partial charge in [-0.3, -0.25) is 9.88 Å². The largest absolute Gasteiger partial charge is 0.496 e. The highest BCUT2D eigenvalue weighted by atomic mass is 16.5. The smallest absolute Gasteiger partial charge is 0.140 e. The molecule has 0 spiro atoms. The molecular formula is C22H22N2O2. The molecule has 0 bridgehead atoms. The first-order chi connectivity index (χ1) is 12.8. The number of nitrogens with zero attached hydrogens (tertiary/aromatic N) is 2. The molecule has 1 atom stereocenters. The third-order valence-corrected chi connectivity index (χ3v) is 4.66. The van der Waals surface area contributed by atoms with Gasteiger partial charge < -0.3 is 9.47 Å². The second kappa shape index (κ2) is 7.58. The lowest BCUT2D eigenvalue weighted by molar-refractivity contribution is 0.140. The van der Waals surface area contributed by atoms with Crippen molar-refractivity contribution in [3.63, 3.8) is 0 Å². The number of fused-ring (bicyclic) bond motifs is 1. The van der Waals surface area contributed by atoms with Crippen LogP contribution in [0.4, 0.5) is 0 Å². The second-order valence-corrected chi connectivity index (χ2v) is 6.45. The lowest BCUT2D eigenvalue weighted by atomic mass is 10.1. The zero-order chi connectivity index (χ0) is 17.8. The number of aromatic nitrogens is 1. The average molecular weight is 346 g/mol. The van der Waals surface area contributed by atoms with Crippen molar-refractivity contribution < 1.29 is 9.47 Å². The molecule has 1 aromatic heterocycles. The monoisotopic (exact) mass is 346 g/mol.